The zero-order chi connectivity index (χ0) is 27.0. The third kappa shape index (κ3) is 7.38. The number of carbonyl (C=O) groups excluding carboxylic acids is 2. The number of anilines is 1. The maximum absolute atomic E-state index is 13.8. The molecule has 9 nitrogen and oxygen atoms in total. The molecule has 0 aromatic heterocycles. The zero-order valence-electron chi connectivity index (χ0n) is 22.0. The number of carbonyl (C=O) groups is 2. The third-order valence-electron chi connectivity index (χ3n) is 6.09. The molecule has 1 heterocycles. The van der Waals surface area contributed by atoms with Crippen molar-refractivity contribution in [2.24, 2.45) is 0 Å². The Hall–Kier alpha value is -3.27. The number of fused-ring (bicyclic) bond motifs is 1. The van der Waals surface area contributed by atoms with E-state index in [4.69, 9.17) is 9.47 Å². The van der Waals surface area contributed by atoms with Crippen LogP contribution in [0.5, 0.6) is 11.5 Å². The Kier molecular flexibility index (Phi) is 9.79. The van der Waals surface area contributed by atoms with Crippen molar-refractivity contribution < 1.29 is 27.5 Å². The molecule has 1 N–H and O–H groups in total. The lowest BCUT2D eigenvalue weighted by atomic mass is 10.1. The Morgan fingerprint density at radius 1 is 1.00 bits per heavy atom. The molecule has 2 aromatic carbocycles. The maximum atomic E-state index is 13.8. The van der Waals surface area contributed by atoms with Gasteiger partial charge in [-0.05, 0) is 51.3 Å². The molecule has 0 fully saturated rings. The lowest BCUT2D eigenvalue weighted by Gasteiger charge is -2.33. The van der Waals surface area contributed by atoms with Gasteiger partial charge in [-0.1, -0.05) is 37.3 Å². The number of ether oxygens (including phenoxy) is 2. The van der Waals surface area contributed by atoms with Crippen LogP contribution in [0.2, 0.25) is 0 Å². The number of sulfonamides is 1. The first kappa shape index (κ1) is 28.3. The van der Waals surface area contributed by atoms with Crippen molar-refractivity contribution in [2.45, 2.75) is 52.6 Å². The van der Waals surface area contributed by atoms with E-state index in [9.17, 15) is 18.0 Å². The normalized spacial score (nSPS) is 13.6. The van der Waals surface area contributed by atoms with Gasteiger partial charge in [0.25, 0.3) is 0 Å². The number of rotatable bonds is 12. The van der Waals surface area contributed by atoms with E-state index in [1.165, 1.54) is 11.8 Å². The highest BCUT2D eigenvalue weighted by atomic mass is 32.2. The molecule has 0 spiro atoms. The van der Waals surface area contributed by atoms with E-state index in [1.54, 1.807) is 18.2 Å². The van der Waals surface area contributed by atoms with Gasteiger partial charge in [0.2, 0.25) is 21.8 Å². The van der Waals surface area contributed by atoms with Gasteiger partial charge in [-0.2, -0.15) is 0 Å². The van der Waals surface area contributed by atoms with Crippen LogP contribution in [0.25, 0.3) is 0 Å². The lowest BCUT2D eigenvalue weighted by molar-refractivity contribution is -0.139. The summed E-state index contributed by atoms with van der Waals surface area (Å²) >= 11 is 0. The van der Waals surface area contributed by atoms with Crippen LogP contribution >= 0.6 is 0 Å². The van der Waals surface area contributed by atoms with Gasteiger partial charge in [0.15, 0.2) is 11.5 Å². The SMILES string of the molecule is CC[C@@H](C(=O)NC(C)C)N(CCc1ccccc1)C(=O)CN(c1ccc2c(c1)OCCO2)S(=O)(=O)CC. The van der Waals surface area contributed by atoms with E-state index < -0.39 is 28.5 Å². The topological polar surface area (TPSA) is 105 Å². The molecule has 1 atom stereocenters. The van der Waals surface area contributed by atoms with Crippen LogP contribution < -0.4 is 19.1 Å². The Balaban J connectivity index is 1.93. The second kappa shape index (κ2) is 12.8. The number of benzene rings is 2. The van der Waals surface area contributed by atoms with Crippen molar-refractivity contribution in [3.63, 3.8) is 0 Å². The molecule has 0 aliphatic carbocycles. The zero-order valence-corrected chi connectivity index (χ0v) is 22.8. The number of hydrogen-bond acceptors (Lipinski definition) is 6. The summed E-state index contributed by atoms with van der Waals surface area (Å²) in [5.41, 5.74) is 1.33. The van der Waals surface area contributed by atoms with Crippen molar-refractivity contribution >= 4 is 27.5 Å². The number of nitrogens with zero attached hydrogens (tertiary/aromatic N) is 2. The fraction of sp³-hybridized carbons (Fsp3) is 0.481. The Morgan fingerprint density at radius 3 is 2.30 bits per heavy atom. The summed E-state index contributed by atoms with van der Waals surface area (Å²) in [4.78, 5) is 28.3. The van der Waals surface area contributed by atoms with Gasteiger partial charge in [-0.25, -0.2) is 8.42 Å². The smallest absolute Gasteiger partial charge is 0.244 e. The van der Waals surface area contributed by atoms with E-state index in [-0.39, 0.29) is 24.2 Å². The van der Waals surface area contributed by atoms with E-state index >= 15 is 0 Å². The lowest BCUT2D eigenvalue weighted by Crippen LogP contribution is -2.54. The van der Waals surface area contributed by atoms with Crippen LogP contribution in [0.15, 0.2) is 48.5 Å². The summed E-state index contributed by atoms with van der Waals surface area (Å²) in [5, 5.41) is 2.89. The summed E-state index contributed by atoms with van der Waals surface area (Å²) in [6.45, 7) is 7.69. The third-order valence-corrected chi connectivity index (χ3v) is 7.84. The van der Waals surface area contributed by atoms with E-state index in [0.717, 1.165) is 9.87 Å². The molecule has 0 unspecified atom stereocenters. The Morgan fingerprint density at radius 2 is 1.68 bits per heavy atom. The molecular formula is C27H37N3O6S. The summed E-state index contributed by atoms with van der Waals surface area (Å²) in [5.74, 6) is 0.0491. The van der Waals surface area contributed by atoms with Crippen LogP contribution in [0.4, 0.5) is 5.69 Å². The van der Waals surface area contributed by atoms with Gasteiger partial charge in [0.05, 0.1) is 11.4 Å². The van der Waals surface area contributed by atoms with Crippen molar-refractivity contribution in [3.05, 3.63) is 54.1 Å². The van der Waals surface area contributed by atoms with Gasteiger partial charge in [-0.15, -0.1) is 0 Å². The van der Waals surface area contributed by atoms with Crippen molar-refractivity contribution in [1.82, 2.24) is 10.2 Å². The maximum Gasteiger partial charge on any atom is 0.244 e. The minimum atomic E-state index is -3.82. The first-order chi connectivity index (χ1) is 17.7. The highest BCUT2D eigenvalue weighted by Crippen LogP contribution is 2.35. The molecule has 0 saturated heterocycles. The minimum Gasteiger partial charge on any atom is -0.486 e. The second-order valence-corrected chi connectivity index (χ2v) is 11.3. The standard InChI is InChI=1S/C27H37N3O6S/c1-5-23(27(32)28-20(3)4)29(15-14-21-10-8-7-9-11-21)26(31)19-30(37(33,34)6-2)22-12-13-24-25(18-22)36-17-16-35-24/h7-13,18,20,23H,5-6,14-17,19H2,1-4H3,(H,28,32)/t23-/m0/s1. The molecule has 202 valence electrons. The average Bonchev–Trinajstić information content (AvgIpc) is 2.89. The first-order valence-electron chi connectivity index (χ1n) is 12.7. The molecule has 0 radical (unpaired) electrons. The minimum absolute atomic E-state index is 0.0951. The van der Waals surface area contributed by atoms with E-state index in [0.29, 0.717) is 43.2 Å². The number of nitrogens with one attached hydrogen (secondary N) is 1. The summed E-state index contributed by atoms with van der Waals surface area (Å²) < 4.78 is 38.5. The molecule has 2 amide bonds. The van der Waals surface area contributed by atoms with Gasteiger partial charge >= 0.3 is 0 Å². The highest BCUT2D eigenvalue weighted by molar-refractivity contribution is 7.92. The van der Waals surface area contributed by atoms with Crippen LogP contribution in [0.3, 0.4) is 0 Å². The number of hydrogen-bond donors (Lipinski definition) is 1. The second-order valence-electron chi connectivity index (χ2n) is 9.15. The van der Waals surface area contributed by atoms with Crippen LogP contribution in [-0.4, -0.2) is 69.3 Å². The summed E-state index contributed by atoms with van der Waals surface area (Å²) in [6, 6.07) is 13.7. The van der Waals surface area contributed by atoms with Crippen LogP contribution in [-0.2, 0) is 26.0 Å². The molecular weight excluding hydrogens is 494 g/mol. The van der Waals surface area contributed by atoms with E-state index in [2.05, 4.69) is 5.32 Å². The fourth-order valence-electron chi connectivity index (χ4n) is 4.18. The fourth-order valence-corrected chi connectivity index (χ4v) is 5.24. The molecule has 3 rings (SSSR count). The largest absolute Gasteiger partial charge is 0.486 e. The molecule has 1 aliphatic heterocycles. The molecule has 0 bridgehead atoms. The predicted octanol–water partition coefficient (Wildman–Crippen LogP) is 2.99. The molecule has 1 aliphatic rings. The summed E-state index contributed by atoms with van der Waals surface area (Å²) in [6.07, 6.45) is 0.923. The average molecular weight is 532 g/mol. The number of amides is 2. The first-order valence-corrected chi connectivity index (χ1v) is 14.3. The van der Waals surface area contributed by atoms with Gasteiger partial charge in [0, 0.05) is 18.7 Å². The highest BCUT2D eigenvalue weighted by Gasteiger charge is 2.32. The van der Waals surface area contributed by atoms with E-state index in [1.807, 2.05) is 51.1 Å². The molecule has 2 aromatic rings. The molecule has 10 heteroatoms. The van der Waals surface area contributed by atoms with Crippen LogP contribution in [0.1, 0.15) is 39.7 Å². The Labute approximate surface area is 219 Å². The van der Waals surface area contributed by atoms with Crippen molar-refractivity contribution in [2.75, 3.05) is 36.4 Å². The van der Waals surface area contributed by atoms with Gasteiger partial charge < -0.3 is 19.7 Å². The van der Waals surface area contributed by atoms with Gasteiger partial charge in [0.1, 0.15) is 25.8 Å². The monoisotopic (exact) mass is 531 g/mol. The predicted molar refractivity (Wildman–Crippen MR) is 143 cm³/mol. The Bertz CT molecular complexity index is 1170. The van der Waals surface area contributed by atoms with Crippen molar-refractivity contribution in [3.8, 4) is 11.5 Å². The molecule has 0 saturated carbocycles. The summed E-state index contributed by atoms with van der Waals surface area (Å²) in [7, 11) is -3.82. The van der Waals surface area contributed by atoms with Crippen LogP contribution in [0, 0.1) is 0 Å². The van der Waals surface area contributed by atoms with Gasteiger partial charge in [-0.3, -0.25) is 13.9 Å². The molecule has 37 heavy (non-hydrogen) atoms. The van der Waals surface area contributed by atoms with Crippen molar-refractivity contribution in [1.29, 1.82) is 0 Å². The quantitative estimate of drug-likeness (QED) is 0.452.